The number of aromatic nitrogens is 1. The molecule has 1 saturated carbocycles. The average Bonchev–Trinajstić information content (AvgIpc) is 3.23. The van der Waals surface area contributed by atoms with Crippen molar-refractivity contribution in [3.8, 4) is 0 Å². The number of rotatable bonds is 5. The lowest BCUT2D eigenvalue weighted by Gasteiger charge is -2.36. The van der Waals surface area contributed by atoms with Gasteiger partial charge in [-0.3, -0.25) is 19.4 Å². The maximum Gasteiger partial charge on any atom is 0.325 e. The van der Waals surface area contributed by atoms with Crippen molar-refractivity contribution in [3.05, 3.63) is 23.2 Å². The fraction of sp³-hybridized carbons (Fsp3) is 0.619. The molecule has 1 spiro atoms. The van der Waals surface area contributed by atoms with Crippen molar-refractivity contribution in [2.75, 3.05) is 18.0 Å². The Labute approximate surface area is 175 Å². The Balaban J connectivity index is 1.53. The van der Waals surface area contributed by atoms with E-state index in [0.29, 0.717) is 18.1 Å². The van der Waals surface area contributed by atoms with Crippen LogP contribution in [0.25, 0.3) is 0 Å². The molecule has 1 aromatic heterocycles. The van der Waals surface area contributed by atoms with E-state index in [1.54, 1.807) is 11.0 Å². The van der Waals surface area contributed by atoms with Crippen molar-refractivity contribution in [1.82, 2.24) is 15.2 Å². The van der Waals surface area contributed by atoms with Crippen LogP contribution in [0.4, 0.5) is 9.93 Å². The largest absolute Gasteiger partial charge is 0.325 e. The van der Waals surface area contributed by atoms with Gasteiger partial charge < -0.3 is 5.32 Å². The standard InChI is InChI=1S/C21H28N4O3S/c1-3-12-24(20-22-15-9-4-5-10-16(15)29-20)17(26)13-25-18(27)21(23-19(25)28)11-7-6-8-14(21)2/h3,14H,1,4-13H2,2H3,(H,23,28)/t14-,21-/m0/s1. The Morgan fingerprint density at radius 2 is 2.14 bits per heavy atom. The van der Waals surface area contributed by atoms with Crippen LogP contribution in [0.5, 0.6) is 0 Å². The van der Waals surface area contributed by atoms with Crippen LogP contribution in [-0.2, 0) is 22.4 Å². The van der Waals surface area contributed by atoms with E-state index in [2.05, 4.69) is 16.9 Å². The van der Waals surface area contributed by atoms with E-state index in [4.69, 9.17) is 0 Å². The number of carbonyl (C=O) groups excluding carboxylic acids is 3. The van der Waals surface area contributed by atoms with Gasteiger partial charge in [-0.1, -0.05) is 25.8 Å². The van der Waals surface area contributed by atoms with E-state index in [0.717, 1.165) is 55.5 Å². The minimum atomic E-state index is -0.848. The zero-order chi connectivity index (χ0) is 20.6. The Morgan fingerprint density at radius 1 is 1.34 bits per heavy atom. The molecule has 8 heteroatoms. The number of imide groups is 1. The van der Waals surface area contributed by atoms with E-state index in [9.17, 15) is 14.4 Å². The molecule has 2 fully saturated rings. The number of nitrogens with zero attached hydrogens (tertiary/aromatic N) is 3. The van der Waals surface area contributed by atoms with Crippen LogP contribution in [0.2, 0.25) is 0 Å². The van der Waals surface area contributed by atoms with Crippen LogP contribution in [0, 0.1) is 5.92 Å². The van der Waals surface area contributed by atoms with Crippen molar-refractivity contribution in [2.45, 2.75) is 63.8 Å². The molecule has 1 N–H and O–H groups in total. The molecule has 0 aromatic carbocycles. The molecule has 0 radical (unpaired) electrons. The summed E-state index contributed by atoms with van der Waals surface area (Å²) in [5.41, 5.74) is 0.224. The fourth-order valence-electron chi connectivity index (χ4n) is 4.73. The van der Waals surface area contributed by atoms with E-state index in [1.807, 2.05) is 6.92 Å². The van der Waals surface area contributed by atoms with Crippen molar-refractivity contribution in [1.29, 1.82) is 0 Å². The molecule has 156 valence electrons. The summed E-state index contributed by atoms with van der Waals surface area (Å²) in [6.07, 6.45) is 9.36. The summed E-state index contributed by atoms with van der Waals surface area (Å²) in [5.74, 6) is -0.497. The van der Waals surface area contributed by atoms with Gasteiger partial charge in [0.15, 0.2) is 5.13 Å². The number of hydrogen-bond donors (Lipinski definition) is 1. The van der Waals surface area contributed by atoms with Gasteiger partial charge in [-0.25, -0.2) is 9.78 Å². The predicted molar refractivity (Wildman–Crippen MR) is 112 cm³/mol. The highest BCUT2D eigenvalue weighted by Gasteiger charge is 2.55. The Bertz CT molecular complexity index is 827. The zero-order valence-corrected chi connectivity index (χ0v) is 17.7. The van der Waals surface area contributed by atoms with Crippen LogP contribution in [0.15, 0.2) is 12.7 Å². The maximum absolute atomic E-state index is 13.2. The summed E-state index contributed by atoms with van der Waals surface area (Å²) in [4.78, 5) is 47.4. The first kappa shape index (κ1) is 20.1. The molecule has 2 aliphatic carbocycles. The predicted octanol–water partition coefficient (Wildman–Crippen LogP) is 3.04. The highest BCUT2D eigenvalue weighted by molar-refractivity contribution is 7.16. The Hall–Kier alpha value is -2.22. The van der Waals surface area contributed by atoms with Crippen LogP contribution in [-0.4, -0.2) is 46.4 Å². The van der Waals surface area contributed by atoms with Gasteiger partial charge in [0.1, 0.15) is 12.1 Å². The molecule has 7 nitrogen and oxygen atoms in total. The third-order valence-corrected chi connectivity index (χ3v) is 7.65. The lowest BCUT2D eigenvalue weighted by molar-refractivity contribution is -0.136. The molecule has 1 aliphatic heterocycles. The fourth-order valence-corrected chi connectivity index (χ4v) is 5.90. The molecule has 4 rings (SSSR count). The van der Waals surface area contributed by atoms with Crippen LogP contribution >= 0.6 is 11.3 Å². The van der Waals surface area contributed by atoms with Gasteiger partial charge in [-0.2, -0.15) is 0 Å². The number of nitrogens with one attached hydrogen (secondary N) is 1. The van der Waals surface area contributed by atoms with E-state index < -0.39 is 11.6 Å². The van der Waals surface area contributed by atoms with Gasteiger partial charge in [0.25, 0.3) is 5.91 Å². The maximum atomic E-state index is 13.2. The quantitative estimate of drug-likeness (QED) is 0.591. The molecule has 0 bridgehead atoms. The lowest BCUT2D eigenvalue weighted by Crippen LogP contribution is -2.54. The van der Waals surface area contributed by atoms with Crippen molar-refractivity contribution in [2.24, 2.45) is 5.92 Å². The topological polar surface area (TPSA) is 82.6 Å². The SMILES string of the molecule is C=CCN(C(=O)CN1C(=O)N[C@]2(CCCC[C@@H]2C)C1=O)c1nc2c(s1)CCCC2. The van der Waals surface area contributed by atoms with E-state index >= 15 is 0 Å². The van der Waals surface area contributed by atoms with Gasteiger partial charge in [0.05, 0.1) is 5.69 Å². The second-order valence-corrected chi connectivity index (χ2v) is 9.37. The van der Waals surface area contributed by atoms with Gasteiger partial charge in [-0.15, -0.1) is 17.9 Å². The third-order valence-electron chi connectivity index (χ3n) is 6.47. The van der Waals surface area contributed by atoms with Crippen LogP contribution < -0.4 is 10.2 Å². The molecule has 4 amide bonds. The van der Waals surface area contributed by atoms with Crippen LogP contribution in [0.3, 0.4) is 0 Å². The summed E-state index contributed by atoms with van der Waals surface area (Å²) in [6.45, 7) is 5.80. The molecular formula is C21H28N4O3S. The van der Waals surface area contributed by atoms with Gasteiger partial charge in [0, 0.05) is 11.4 Å². The smallest absolute Gasteiger partial charge is 0.323 e. The van der Waals surface area contributed by atoms with Crippen LogP contribution in [0.1, 0.15) is 56.0 Å². The zero-order valence-electron chi connectivity index (χ0n) is 16.9. The summed E-state index contributed by atoms with van der Waals surface area (Å²) in [7, 11) is 0. The molecule has 0 unspecified atom stereocenters. The molecule has 1 saturated heterocycles. The van der Waals surface area contributed by atoms with Crippen molar-refractivity contribution < 1.29 is 14.4 Å². The number of hydrogen-bond acceptors (Lipinski definition) is 5. The van der Waals surface area contributed by atoms with Gasteiger partial charge in [-0.05, 0) is 44.4 Å². The number of fused-ring (bicyclic) bond motifs is 1. The van der Waals surface area contributed by atoms with Crippen molar-refractivity contribution >= 4 is 34.3 Å². The number of urea groups is 1. The first-order valence-corrected chi connectivity index (χ1v) is 11.3. The van der Waals surface area contributed by atoms with E-state index in [-0.39, 0.29) is 24.3 Å². The number of carbonyl (C=O) groups is 3. The number of aryl methyl sites for hydroxylation is 2. The Morgan fingerprint density at radius 3 is 2.86 bits per heavy atom. The Kier molecular flexibility index (Phi) is 5.46. The molecule has 1 aromatic rings. The molecule has 2 heterocycles. The highest BCUT2D eigenvalue weighted by atomic mass is 32.1. The normalized spacial score (nSPS) is 26.4. The molecular weight excluding hydrogens is 388 g/mol. The average molecular weight is 417 g/mol. The third kappa shape index (κ3) is 3.47. The van der Waals surface area contributed by atoms with Crippen molar-refractivity contribution in [3.63, 3.8) is 0 Å². The number of anilines is 1. The summed E-state index contributed by atoms with van der Waals surface area (Å²) in [5, 5.41) is 3.54. The second-order valence-electron chi connectivity index (χ2n) is 8.31. The van der Waals surface area contributed by atoms with Gasteiger partial charge in [0.2, 0.25) is 5.91 Å². The molecule has 3 aliphatic rings. The summed E-state index contributed by atoms with van der Waals surface area (Å²) < 4.78 is 0. The second kappa shape index (κ2) is 7.89. The minimum Gasteiger partial charge on any atom is -0.323 e. The minimum absolute atomic E-state index is 0.0720. The number of amides is 4. The highest BCUT2D eigenvalue weighted by Crippen LogP contribution is 2.38. The molecule has 29 heavy (non-hydrogen) atoms. The lowest BCUT2D eigenvalue weighted by atomic mass is 9.73. The first-order valence-electron chi connectivity index (χ1n) is 10.5. The first-order chi connectivity index (χ1) is 14.0. The summed E-state index contributed by atoms with van der Waals surface area (Å²) in [6, 6.07) is -0.464. The molecule has 2 atom stereocenters. The van der Waals surface area contributed by atoms with Gasteiger partial charge >= 0.3 is 6.03 Å². The van der Waals surface area contributed by atoms with E-state index in [1.165, 1.54) is 16.2 Å². The monoisotopic (exact) mass is 416 g/mol. The number of thiazole rings is 1. The summed E-state index contributed by atoms with van der Waals surface area (Å²) >= 11 is 1.54.